The van der Waals surface area contributed by atoms with E-state index in [4.69, 9.17) is 0 Å². The van der Waals surface area contributed by atoms with Gasteiger partial charge in [-0.1, -0.05) is 6.07 Å². The first-order chi connectivity index (χ1) is 10.8. The first kappa shape index (κ1) is 17.2. The first-order valence-electron chi connectivity index (χ1n) is 6.84. The number of aromatic nitrogens is 1. The van der Waals surface area contributed by atoms with Gasteiger partial charge in [-0.3, -0.25) is 4.79 Å². The van der Waals surface area contributed by atoms with Crippen molar-refractivity contribution in [2.24, 2.45) is 0 Å². The van der Waals surface area contributed by atoms with E-state index < -0.39 is 23.1 Å². The molecule has 23 heavy (non-hydrogen) atoms. The number of hydrogen-bond donors (Lipinski definition) is 2. The van der Waals surface area contributed by atoms with Crippen molar-refractivity contribution in [2.75, 3.05) is 6.54 Å². The number of carbonyl (C=O) groups excluding carboxylic acids is 1. The number of aryl methyl sites for hydroxylation is 1. The van der Waals surface area contributed by atoms with E-state index in [-0.39, 0.29) is 12.1 Å². The summed E-state index contributed by atoms with van der Waals surface area (Å²) in [6, 6.07) is 2.91. The minimum absolute atomic E-state index is 0.0822. The highest BCUT2D eigenvalue weighted by Crippen LogP contribution is 2.23. The molecule has 0 aliphatic heterocycles. The summed E-state index contributed by atoms with van der Waals surface area (Å²) in [7, 11) is 0. The van der Waals surface area contributed by atoms with Crippen LogP contribution in [-0.4, -0.2) is 22.5 Å². The van der Waals surface area contributed by atoms with E-state index in [1.165, 1.54) is 24.3 Å². The Morgan fingerprint density at radius 1 is 1.48 bits per heavy atom. The van der Waals surface area contributed by atoms with E-state index in [9.17, 15) is 18.7 Å². The van der Waals surface area contributed by atoms with Crippen LogP contribution in [0, 0.1) is 18.6 Å². The number of carbonyl (C=O) groups is 1. The average molecular weight is 338 g/mol. The molecule has 0 unspecified atom stereocenters. The Balaban J connectivity index is 1.98. The van der Waals surface area contributed by atoms with Crippen LogP contribution in [0.1, 0.15) is 22.4 Å². The molecule has 1 aromatic carbocycles. The minimum Gasteiger partial charge on any atom is -0.383 e. The summed E-state index contributed by atoms with van der Waals surface area (Å²) in [4.78, 5) is 16.6. The Hall–Kier alpha value is -2.12. The fourth-order valence-electron chi connectivity index (χ4n) is 1.95. The Morgan fingerprint density at radius 2 is 2.22 bits per heavy atom. The van der Waals surface area contributed by atoms with Crippen molar-refractivity contribution < 1.29 is 18.7 Å². The quantitative estimate of drug-likeness (QED) is 0.824. The normalized spacial score (nSPS) is 14.0. The maximum absolute atomic E-state index is 13.7. The van der Waals surface area contributed by atoms with Crippen LogP contribution in [0.3, 0.4) is 0 Å². The van der Waals surface area contributed by atoms with Crippen molar-refractivity contribution in [1.29, 1.82) is 0 Å². The molecular formula is C16H16F2N2O2S. The van der Waals surface area contributed by atoms with E-state index in [1.807, 2.05) is 6.92 Å². The third-order valence-electron chi connectivity index (χ3n) is 3.16. The second kappa shape index (κ2) is 6.97. The molecule has 1 amide bonds. The molecule has 0 aliphatic carbocycles. The number of halogens is 2. The van der Waals surface area contributed by atoms with Crippen molar-refractivity contribution >= 4 is 23.3 Å². The van der Waals surface area contributed by atoms with E-state index >= 15 is 0 Å². The summed E-state index contributed by atoms with van der Waals surface area (Å²) >= 11 is 1.44. The lowest BCUT2D eigenvalue weighted by Crippen LogP contribution is -2.38. The number of nitrogens with zero attached hydrogens (tertiary/aromatic N) is 1. The topological polar surface area (TPSA) is 62.2 Å². The predicted molar refractivity (Wildman–Crippen MR) is 84.8 cm³/mol. The van der Waals surface area contributed by atoms with Gasteiger partial charge < -0.3 is 10.4 Å². The van der Waals surface area contributed by atoms with Gasteiger partial charge in [0.25, 0.3) is 0 Å². The number of rotatable bonds is 5. The number of hydrogen-bond acceptors (Lipinski definition) is 4. The minimum atomic E-state index is -1.65. The summed E-state index contributed by atoms with van der Waals surface area (Å²) in [5.41, 5.74) is -1.73. The summed E-state index contributed by atoms with van der Waals surface area (Å²) in [6.07, 6.45) is 4.56. The summed E-state index contributed by atoms with van der Waals surface area (Å²) < 4.78 is 26.6. The zero-order valence-corrected chi connectivity index (χ0v) is 13.5. The largest absolute Gasteiger partial charge is 0.383 e. The Bertz CT molecular complexity index is 741. The molecule has 0 spiro atoms. The molecule has 1 heterocycles. The lowest BCUT2D eigenvalue weighted by atomic mass is 9.95. The Morgan fingerprint density at radius 3 is 2.83 bits per heavy atom. The van der Waals surface area contributed by atoms with E-state index in [0.717, 1.165) is 22.0 Å². The van der Waals surface area contributed by atoms with Crippen LogP contribution in [0.4, 0.5) is 8.78 Å². The van der Waals surface area contributed by atoms with Crippen molar-refractivity contribution in [3.63, 3.8) is 0 Å². The summed E-state index contributed by atoms with van der Waals surface area (Å²) in [5, 5.41) is 13.7. The molecule has 0 aliphatic rings. The Labute approximate surface area is 136 Å². The van der Waals surface area contributed by atoms with Crippen LogP contribution in [0.5, 0.6) is 0 Å². The van der Waals surface area contributed by atoms with Gasteiger partial charge in [-0.25, -0.2) is 13.8 Å². The van der Waals surface area contributed by atoms with Crippen molar-refractivity contribution in [1.82, 2.24) is 10.3 Å². The molecule has 0 radical (unpaired) electrons. The van der Waals surface area contributed by atoms with Gasteiger partial charge in [0.05, 0.1) is 11.6 Å². The molecule has 7 heteroatoms. The molecule has 2 N–H and O–H groups in total. The number of thiazole rings is 1. The highest BCUT2D eigenvalue weighted by atomic mass is 32.1. The van der Waals surface area contributed by atoms with Gasteiger partial charge in [-0.2, -0.15) is 0 Å². The highest BCUT2D eigenvalue weighted by molar-refractivity contribution is 7.12. The zero-order valence-electron chi connectivity index (χ0n) is 12.6. The molecule has 2 rings (SSSR count). The third-order valence-corrected chi connectivity index (χ3v) is 4.03. The fourth-order valence-corrected chi connectivity index (χ4v) is 2.64. The summed E-state index contributed by atoms with van der Waals surface area (Å²) in [5.74, 6) is -2.02. The maximum atomic E-state index is 13.7. The van der Waals surface area contributed by atoms with Crippen LogP contribution in [-0.2, 0) is 10.4 Å². The number of nitrogens with one attached hydrogen (secondary N) is 1. The average Bonchev–Trinajstić information content (AvgIpc) is 2.88. The monoisotopic (exact) mass is 338 g/mol. The van der Waals surface area contributed by atoms with Crippen molar-refractivity contribution in [2.45, 2.75) is 19.4 Å². The maximum Gasteiger partial charge on any atom is 0.244 e. The summed E-state index contributed by atoms with van der Waals surface area (Å²) in [6.45, 7) is 3.00. The molecule has 2 aromatic rings. The number of aliphatic hydroxyl groups is 1. The second-order valence-corrected chi connectivity index (χ2v) is 6.50. The van der Waals surface area contributed by atoms with Crippen LogP contribution < -0.4 is 5.32 Å². The predicted octanol–water partition coefficient (Wildman–Crippen LogP) is 2.77. The lowest BCUT2D eigenvalue weighted by molar-refractivity contribution is -0.117. The van der Waals surface area contributed by atoms with E-state index in [2.05, 4.69) is 10.3 Å². The van der Waals surface area contributed by atoms with Gasteiger partial charge in [0.15, 0.2) is 0 Å². The van der Waals surface area contributed by atoms with E-state index in [0.29, 0.717) is 6.07 Å². The standard InChI is InChI=1S/C16H16F2N2O2S/c1-10-19-8-12(23-10)4-6-15(21)20-9-16(2,22)13-5-3-11(17)7-14(13)18/h3-8,22H,9H2,1-2H3,(H,20,21)/b6-4+/t16-/m1/s1. The van der Waals surface area contributed by atoms with Gasteiger partial charge in [0.1, 0.15) is 17.2 Å². The van der Waals surface area contributed by atoms with Crippen LogP contribution in [0.15, 0.2) is 30.5 Å². The zero-order chi connectivity index (χ0) is 17.0. The molecule has 1 aromatic heterocycles. The van der Waals surface area contributed by atoms with Crippen molar-refractivity contribution in [3.05, 3.63) is 57.6 Å². The fraction of sp³-hybridized carbons (Fsp3) is 0.250. The lowest BCUT2D eigenvalue weighted by Gasteiger charge is -2.24. The molecule has 4 nitrogen and oxygen atoms in total. The van der Waals surface area contributed by atoms with E-state index in [1.54, 1.807) is 12.3 Å². The molecule has 0 fully saturated rings. The highest BCUT2D eigenvalue weighted by Gasteiger charge is 2.27. The number of benzene rings is 1. The van der Waals surface area contributed by atoms with Gasteiger partial charge in [0.2, 0.25) is 5.91 Å². The van der Waals surface area contributed by atoms with Crippen LogP contribution in [0.2, 0.25) is 0 Å². The molecule has 0 saturated heterocycles. The first-order valence-corrected chi connectivity index (χ1v) is 7.66. The second-order valence-electron chi connectivity index (χ2n) is 5.23. The molecule has 1 atom stereocenters. The Kier molecular flexibility index (Phi) is 5.23. The molecule has 122 valence electrons. The van der Waals surface area contributed by atoms with Crippen molar-refractivity contribution in [3.8, 4) is 0 Å². The van der Waals surface area contributed by atoms with Crippen LogP contribution in [0.25, 0.3) is 6.08 Å². The van der Waals surface area contributed by atoms with Gasteiger partial charge in [-0.15, -0.1) is 11.3 Å². The number of amides is 1. The molecular weight excluding hydrogens is 322 g/mol. The van der Waals surface area contributed by atoms with Crippen LogP contribution >= 0.6 is 11.3 Å². The molecule has 0 saturated carbocycles. The third kappa shape index (κ3) is 4.67. The smallest absolute Gasteiger partial charge is 0.244 e. The van der Waals surface area contributed by atoms with Gasteiger partial charge >= 0.3 is 0 Å². The molecule has 0 bridgehead atoms. The van der Waals surface area contributed by atoms with Gasteiger partial charge in [0, 0.05) is 28.8 Å². The van der Waals surface area contributed by atoms with Gasteiger partial charge in [-0.05, 0) is 26.0 Å². The SMILES string of the molecule is Cc1ncc(/C=C/C(=O)NC[C@@](C)(O)c2ccc(F)cc2F)s1.